The molecule has 2 saturated heterocycles. The fourth-order valence-corrected chi connectivity index (χ4v) is 3.22. The number of hydrogen-bond donors (Lipinski definition) is 0. The van der Waals surface area contributed by atoms with Gasteiger partial charge in [-0.2, -0.15) is 0 Å². The number of amides is 2. The van der Waals surface area contributed by atoms with Gasteiger partial charge in [-0.05, 0) is 53.9 Å². The Hall–Kier alpha value is -1.43. The Labute approximate surface area is 124 Å². The van der Waals surface area contributed by atoms with Gasteiger partial charge in [-0.25, -0.2) is 4.39 Å². The lowest BCUT2D eigenvalue weighted by molar-refractivity contribution is -0.143. The van der Waals surface area contributed by atoms with E-state index < -0.39 is 11.9 Å². The van der Waals surface area contributed by atoms with Gasteiger partial charge in [0.05, 0.1) is 4.47 Å². The average molecular weight is 341 g/mol. The maximum Gasteiger partial charge on any atom is 0.250 e. The first-order valence-electron chi connectivity index (χ1n) is 6.59. The summed E-state index contributed by atoms with van der Waals surface area (Å²) in [5.74, 6) is -0.615. The summed E-state index contributed by atoms with van der Waals surface area (Å²) < 4.78 is 14.0. The van der Waals surface area contributed by atoms with E-state index in [4.69, 9.17) is 0 Å². The number of rotatable bonds is 1. The maximum absolute atomic E-state index is 13.7. The number of carbonyl (C=O) groups is 2. The number of carbonyl (C=O) groups excluding carboxylic acids is 2. The first-order chi connectivity index (χ1) is 9.50. The third kappa shape index (κ3) is 1.93. The third-order valence-electron chi connectivity index (χ3n) is 3.98. The van der Waals surface area contributed by atoms with E-state index in [1.807, 2.05) is 0 Å². The number of anilines is 1. The second kappa shape index (κ2) is 4.84. The molecule has 0 bridgehead atoms. The fourth-order valence-electron chi connectivity index (χ4n) is 2.97. The van der Waals surface area contributed by atoms with Crippen LogP contribution in [0.1, 0.15) is 19.8 Å². The van der Waals surface area contributed by atoms with Gasteiger partial charge in [-0.3, -0.25) is 14.5 Å². The predicted molar refractivity (Wildman–Crippen MR) is 75.8 cm³/mol. The SMILES string of the molecule is CC1C(=O)N2CCCC2C(=O)N1c1ccc(Br)c(F)c1. The lowest BCUT2D eigenvalue weighted by Crippen LogP contribution is -2.62. The van der Waals surface area contributed by atoms with Gasteiger partial charge in [0, 0.05) is 12.2 Å². The Kier molecular flexibility index (Phi) is 3.28. The van der Waals surface area contributed by atoms with Crippen LogP contribution in [0.15, 0.2) is 22.7 Å². The second-order valence-electron chi connectivity index (χ2n) is 5.17. The Morgan fingerprint density at radius 3 is 2.75 bits per heavy atom. The zero-order valence-corrected chi connectivity index (χ0v) is 12.6. The Balaban J connectivity index is 2.01. The topological polar surface area (TPSA) is 40.6 Å². The molecule has 2 amide bonds. The Morgan fingerprint density at radius 2 is 2.05 bits per heavy atom. The minimum absolute atomic E-state index is 0.0598. The number of piperazine rings is 1. The van der Waals surface area contributed by atoms with Crippen LogP contribution in [-0.2, 0) is 9.59 Å². The van der Waals surface area contributed by atoms with Crippen LogP contribution >= 0.6 is 15.9 Å². The van der Waals surface area contributed by atoms with Gasteiger partial charge in [-0.1, -0.05) is 0 Å². The first-order valence-corrected chi connectivity index (χ1v) is 7.38. The van der Waals surface area contributed by atoms with Gasteiger partial charge in [0.1, 0.15) is 17.9 Å². The molecule has 2 aliphatic rings. The van der Waals surface area contributed by atoms with Gasteiger partial charge < -0.3 is 4.90 Å². The van der Waals surface area contributed by atoms with Crippen LogP contribution in [0.5, 0.6) is 0 Å². The molecule has 1 aromatic carbocycles. The molecule has 2 fully saturated rings. The van der Waals surface area contributed by atoms with E-state index in [0.717, 1.165) is 6.42 Å². The molecule has 2 unspecified atom stereocenters. The van der Waals surface area contributed by atoms with Crippen LogP contribution in [0.4, 0.5) is 10.1 Å². The smallest absolute Gasteiger partial charge is 0.250 e. The molecular weight excluding hydrogens is 327 g/mol. The summed E-state index contributed by atoms with van der Waals surface area (Å²) >= 11 is 3.09. The van der Waals surface area contributed by atoms with E-state index in [1.165, 1.54) is 11.0 Å². The number of fused-ring (bicyclic) bond motifs is 1. The van der Waals surface area contributed by atoms with E-state index in [9.17, 15) is 14.0 Å². The summed E-state index contributed by atoms with van der Waals surface area (Å²) in [4.78, 5) is 27.9. The third-order valence-corrected chi connectivity index (χ3v) is 4.63. The van der Waals surface area contributed by atoms with E-state index in [1.54, 1.807) is 24.0 Å². The van der Waals surface area contributed by atoms with Crippen LogP contribution in [0, 0.1) is 5.82 Å². The summed E-state index contributed by atoms with van der Waals surface area (Å²) in [5, 5.41) is 0. The minimum atomic E-state index is -0.586. The monoisotopic (exact) mass is 340 g/mol. The summed E-state index contributed by atoms with van der Waals surface area (Å²) in [6.45, 7) is 2.33. The zero-order chi connectivity index (χ0) is 14.4. The van der Waals surface area contributed by atoms with Gasteiger partial charge in [-0.15, -0.1) is 0 Å². The number of halogens is 2. The highest BCUT2D eigenvalue weighted by atomic mass is 79.9. The normalized spacial score (nSPS) is 26.1. The van der Waals surface area contributed by atoms with Crippen LogP contribution in [-0.4, -0.2) is 35.3 Å². The molecule has 2 atom stereocenters. The van der Waals surface area contributed by atoms with E-state index in [-0.39, 0.29) is 17.9 Å². The molecule has 0 radical (unpaired) electrons. The zero-order valence-electron chi connectivity index (χ0n) is 11.0. The lowest BCUT2D eigenvalue weighted by atomic mass is 10.1. The molecule has 3 rings (SSSR count). The van der Waals surface area contributed by atoms with Crippen LogP contribution in [0.3, 0.4) is 0 Å². The summed E-state index contributed by atoms with van der Waals surface area (Å²) in [6, 6.07) is 3.52. The van der Waals surface area contributed by atoms with Crippen LogP contribution in [0.25, 0.3) is 0 Å². The quantitative estimate of drug-likeness (QED) is 0.787. The molecule has 1 aromatic rings. The molecular formula is C14H14BrFN2O2. The largest absolute Gasteiger partial charge is 0.329 e. The molecule has 2 aliphatic heterocycles. The van der Waals surface area contributed by atoms with Gasteiger partial charge in [0.2, 0.25) is 5.91 Å². The highest BCUT2D eigenvalue weighted by molar-refractivity contribution is 9.10. The van der Waals surface area contributed by atoms with Crippen LogP contribution in [0.2, 0.25) is 0 Å². The van der Waals surface area contributed by atoms with Gasteiger partial charge in [0.15, 0.2) is 0 Å². The molecule has 0 aliphatic carbocycles. The highest BCUT2D eigenvalue weighted by Gasteiger charge is 2.46. The van der Waals surface area contributed by atoms with Crippen molar-refractivity contribution in [3.05, 3.63) is 28.5 Å². The molecule has 0 N–H and O–H groups in total. The summed E-state index contributed by atoms with van der Waals surface area (Å²) in [7, 11) is 0. The number of nitrogens with zero attached hydrogens (tertiary/aromatic N) is 2. The lowest BCUT2D eigenvalue weighted by Gasteiger charge is -2.40. The van der Waals surface area contributed by atoms with Crippen molar-refractivity contribution >= 4 is 33.4 Å². The van der Waals surface area contributed by atoms with Crippen molar-refractivity contribution in [3.63, 3.8) is 0 Å². The fraction of sp³-hybridized carbons (Fsp3) is 0.429. The minimum Gasteiger partial charge on any atom is -0.329 e. The summed E-state index contributed by atoms with van der Waals surface area (Å²) in [6.07, 6.45) is 1.53. The molecule has 0 saturated carbocycles. The van der Waals surface area contributed by atoms with Crippen molar-refractivity contribution in [2.24, 2.45) is 0 Å². The van der Waals surface area contributed by atoms with Crippen molar-refractivity contribution in [1.29, 1.82) is 0 Å². The standard InChI is InChI=1S/C14H14BrFN2O2/c1-8-13(19)17-6-2-3-12(17)14(20)18(8)9-4-5-10(15)11(16)7-9/h4-5,7-8,12H,2-3,6H2,1H3. The maximum atomic E-state index is 13.7. The van der Waals surface area contributed by atoms with Gasteiger partial charge in [0.25, 0.3) is 5.91 Å². The second-order valence-corrected chi connectivity index (χ2v) is 6.03. The first kappa shape index (κ1) is 13.5. The highest BCUT2D eigenvalue weighted by Crippen LogP contribution is 2.32. The number of hydrogen-bond acceptors (Lipinski definition) is 2. The Bertz CT molecular complexity index is 593. The molecule has 20 heavy (non-hydrogen) atoms. The molecule has 4 nitrogen and oxygen atoms in total. The van der Waals surface area contributed by atoms with E-state index in [2.05, 4.69) is 15.9 Å². The average Bonchev–Trinajstić information content (AvgIpc) is 2.90. The van der Waals surface area contributed by atoms with Crippen LogP contribution < -0.4 is 4.90 Å². The molecule has 0 aromatic heterocycles. The van der Waals surface area contributed by atoms with Gasteiger partial charge >= 0.3 is 0 Å². The van der Waals surface area contributed by atoms with Crippen molar-refractivity contribution in [1.82, 2.24) is 4.90 Å². The van der Waals surface area contributed by atoms with Crippen molar-refractivity contribution in [2.75, 3.05) is 11.4 Å². The summed E-state index contributed by atoms with van der Waals surface area (Å²) in [5.41, 5.74) is 0.433. The molecule has 0 spiro atoms. The molecule has 6 heteroatoms. The van der Waals surface area contributed by atoms with Crippen molar-refractivity contribution in [2.45, 2.75) is 31.8 Å². The molecule has 2 heterocycles. The van der Waals surface area contributed by atoms with Crippen molar-refractivity contribution in [3.8, 4) is 0 Å². The van der Waals surface area contributed by atoms with E-state index >= 15 is 0 Å². The molecule has 106 valence electrons. The number of benzene rings is 1. The van der Waals surface area contributed by atoms with E-state index in [0.29, 0.717) is 23.1 Å². The predicted octanol–water partition coefficient (Wildman–Crippen LogP) is 2.31. The van der Waals surface area contributed by atoms with Crippen molar-refractivity contribution < 1.29 is 14.0 Å². The Morgan fingerprint density at radius 1 is 1.30 bits per heavy atom.